The molecular formula is C21H25N3O2. The fourth-order valence-electron chi connectivity index (χ4n) is 3.25. The van der Waals surface area contributed by atoms with E-state index < -0.39 is 0 Å². The van der Waals surface area contributed by atoms with Crippen LogP contribution in [0.25, 0.3) is 0 Å². The van der Waals surface area contributed by atoms with Gasteiger partial charge in [-0.15, -0.1) is 0 Å². The molecule has 3 rings (SSSR count). The Labute approximate surface area is 154 Å². The molecule has 1 saturated heterocycles. The van der Waals surface area contributed by atoms with E-state index in [1.165, 1.54) is 0 Å². The molecular weight excluding hydrogens is 326 g/mol. The van der Waals surface area contributed by atoms with Gasteiger partial charge in [-0.25, -0.2) is 0 Å². The molecule has 2 aromatic rings. The minimum atomic E-state index is 0.0546. The molecule has 0 bridgehead atoms. The Morgan fingerprint density at radius 1 is 1.12 bits per heavy atom. The Morgan fingerprint density at radius 3 is 2.50 bits per heavy atom. The summed E-state index contributed by atoms with van der Waals surface area (Å²) < 4.78 is 0. The number of aromatic nitrogens is 1. The number of carbonyl (C=O) groups excluding carboxylic acids is 2. The summed E-state index contributed by atoms with van der Waals surface area (Å²) >= 11 is 0. The molecule has 0 saturated carbocycles. The van der Waals surface area contributed by atoms with Crippen molar-refractivity contribution in [2.75, 3.05) is 13.1 Å². The number of hydrogen-bond acceptors (Lipinski definition) is 3. The van der Waals surface area contributed by atoms with Gasteiger partial charge in [0.05, 0.1) is 12.2 Å². The minimum Gasteiger partial charge on any atom is -0.350 e. The average molecular weight is 351 g/mol. The second-order valence-corrected chi connectivity index (χ2v) is 6.90. The zero-order valence-corrected chi connectivity index (χ0v) is 15.1. The smallest absolute Gasteiger partial charge is 0.253 e. The van der Waals surface area contributed by atoms with Gasteiger partial charge in [0, 0.05) is 31.3 Å². The third-order valence-corrected chi connectivity index (χ3v) is 4.87. The van der Waals surface area contributed by atoms with E-state index in [0.29, 0.717) is 32.0 Å². The monoisotopic (exact) mass is 351 g/mol. The molecule has 5 heteroatoms. The first-order valence-electron chi connectivity index (χ1n) is 9.14. The number of benzene rings is 1. The third kappa shape index (κ3) is 4.91. The molecule has 2 heterocycles. The Kier molecular flexibility index (Phi) is 6.00. The lowest BCUT2D eigenvalue weighted by Gasteiger charge is -2.31. The van der Waals surface area contributed by atoms with Crippen molar-refractivity contribution < 1.29 is 9.59 Å². The van der Waals surface area contributed by atoms with Crippen molar-refractivity contribution >= 4 is 11.8 Å². The van der Waals surface area contributed by atoms with Gasteiger partial charge in [-0.1, -0.05) is 23.8 Å². The van der Waals surface area contributed by atoms with Crippen molar-refractivity contribution in [3.63, 3.8) is 0 Å². The zero-order chi connectivity index (χ0) is 18.4. The second kappa shape index (κ2) is 8.61. The molecule has 5 nitrogen and oxygen atoms in total. The van der Waals surface area contributed by atoms with E-state index in [1.807, 2.05) is 54.3 Å². The fraction of sp³-hybridized carbons (Fsp3) is 0.381. The number of amides is 2. The molecule has 0 radical (unpaired) electrons. The number of piperidine rings is 1. The van der Waals surface area contributed by atoms with E-state index in [0.717, 1.165) is 29.7 Å². The van der Waals surface area contributed by atoms with Crippen LogP contribution in [0.4, 0.5) is 0 Å². The van der Waals surface area contributed by atoms with Crippen LogP contribution >= 0.6 is 0 Å². The largest absolute Gasteiger partial charge is 0.350 e. The number of nitrogens with one attached hydrogen (secondary N) is 1. The Morgan fingerprint density at radius 2 is 1.85 bits per heavy atom. The lowest BCUT2D eigenvalue weighted by atomic mass is 9.93. The summed E-state index contributed by atoms with van der Waals surface area (Å²) in [5, 5.41) is 2.93. The van der Waals surface area contributed by atoms with Gasteiger partial charge < -0.3 is 10.2 Å². The molecule has 1 aliphatic heterocycles. The number of carbonyl (C=O) groups is 2. The first kappa shape index (κ1) is 18.1. The van der Waals surface area contributed by atoms with Crippen LogP contribution in [0.1, 0.15) is 40.9 Å². The van der Waals surface area contributed by atoms with Gasteiger partial charge in [-0.05, 0) is 49.9 Å². The molecule has 1 N–H and O–H groups in total. The predicted molar refractivity (Wildman–Crippen MR) is 101 cm³/mol. The quantitative estimate of drug-likeness (QED) is 0.901. The minimum absolute atomic E-state index is 0.0546. The maximum Gasteiger partial charge on any atom is 0.253 e. The molecule has 1 aromatic heterocycles. The normalized spacial score (nSPS) is 14.9. The Hall–Kier alpha value is -2.69. The van der Waals surface area contributed by atoms with Crippen molar-refractivity contribution in [3.8, 4) is 0 Å². The van der Waals surface area contributed by atoms with E-state index in [4.69, 9.17) is 0 Å². The van der Waals surface area contributed by atoms with Crippen LogP contribution in [0, 0.1) is 12.8 Å². The molecule has 26 heavy (non-hydrogen) atoms. The second-order valence-electron chi connectivity index (χ2n) is 6.90. The van der Waals surface area contributed by atoms with E-state index >= 15 is 0 Å². The summed E-state index contributed by atoms with van der Waals surface area (Å²) in [6, 6.07) is 13.4. The van der Waals surface area contributed by atoms with Gasteiger partial charge in [-0.3, -0.25) is 14.6 Å². The van der Waals surface area contributed by atoms with Crippen LogP contribution in [0.3, 0.4) is 0 Å². The SMILES string of the molecule is Cc1ccc(C(=O)N2CCC(CC(=O)NCc3ccccn3)CC2)cc1. The predicted octanol–water partition coefficient (Wildman–Crippen LogP) is 2.95. The van der Waals surface area contributed by atoms with Gasteiger partial charge in [0.15, 0.2) is 0 Å². The number of rotatable bonds is 5. The van der Waals surface area contributed by atoms with E-state index in [2.05, 4.69) is 10.3 Å². The molecule has 0 spiro atoms. The standard InChI is InChI=1S/C21H25N3O2/c1-16-5-7-18(8-6-16)21(26)24-12-9-17(10-13-24)14-20(25)23-15-19-4-2-3-11-22-19/h2-8,11,17H,9-10,12-15H2,1H3,(H,23,25). The average Bonchev–Trinajstić information content (AvgIpc) is 2.68. The molecule has 0 unspecified atom stereocenters. The molecule has 1 aromatic carbocycles. The molecule has 2 amide bonds. The summed E-state index contributed by atoms with van der Waals surface area (Å²) in [5.74, 6) is 0.475. The highest BCUT2D eigenvalue weighted by atomic mass is 16.2. The molecule has 1 fully saturated rings. The van der Waals surface area contributed by atoms with Gasteiger partial charge in [0.2, 0.25) is 5.91 Å². The fourth-order valence-corrected chi connectivity index (χ4v) is 3.25. The van der Waals surface area contributed by atoms with Crippen molar-refractivity contribution in [1.82, 2.24) is 15.2 Å². The van der Waals surface area contributed by atoms with Gasteiger partial charge in [0.25, 0.3) is 5.91 Å². The molecule has 136 valence electrons. The van der Waals surface area contributed by atoms with Crippen LogP contribution in [0.15, 0.2) is 48.7 Å². The Bertz CT molecular complexity index is 736. The number of likely N-dealkylation sites (tertiary alicyclic amines) is 1. The van der Waals surface area contributed by atoms with Crippen molar-refractivity contribution in [2.45, 2.75) is 32.7 Å². The highest BCUT2D eigenvalue weighted by molar-refractivity contribution is 5.94. The van der Waals surface area contributed by atoms with Crippen molar-refractivity contribution in [3.05, 3.63) is 65.5 Å². The van der Waals surface area contributed by atoms with Crippen LogP contribution in [0.2, 0.25) is 0 Å². The number of aryl methyl sites for hydroxylation is 1. The number of hydrogen-bond donors (Lipinski definition) is 1. The van der Waals surface area contributed by atoms with Crippen LogP contribution in [-0.2, 0) is 11.3 Å². The van der Waals surface area contributed by atoms with Crippen LogP contribution in [0.5, 0.6) is 0 Å². The zero-order valence-electron chi connectivity index (χ0n) is 15.1. The number of pyridine rings is 1. The van der Waals surface area contributed by atoms with Gasteiger partial charge >= 0.3 is 0 Å². The summed E-state index contributed by atoms with van der Waals surface area (Å²) in [6.07, 6.45) is 3.98. The maximum atomic E-state index is 12.5. The highest BCUT2D eigenvalue weighted by Crippen LogP contribution is 2.22. The first-order valence-corrected chi connectivity index (χ1v) is 9.14. The van der Waals surface area contributed by atoms with Gasteiger partial charge in [0.1, 0.15) is 0 Å². The van der Waals surface area contributed by atoms with Gasteiger partial charge in [-0.2, -0.15) is 0 Å². The summed E-state index contributed by atoms with van der Waals surface area (Å²) in [4.78, 5) is 30.8. The van der Waals surface area contributed by atoms with Crippen LogP contribution < -0.4 is 5.32 Å². The first-order chi connectivity index (χ1) is 12.6. The van der Waals surface area contributed by atoms with E-state index in [-0.39, 0.29) is 11.8 Å². The molecule has 1 aliphatic rings. The van der Waals surface area contributed by atoms with Crippen molar-refractivity contribution in [1.29, 1.82) is 0 Å². The summed E-state index contributed by atoms with van der Waals surface area (Å²) in [7, 11) is 0. The van der Waals surface area contributed by atoms with Crippen LogP contribution in [-0.4, -0.2) is 34.8 Å². The van der Waals surface area contributed by atoms with Crippen molar-refractivity contribution in [2.24, 2.45) is 5.92 Å². The van der Waals surface area contributed by atoms with E-state index in [1.54, 1.807) is 6.20 Å². The summed E-state index contributed by atoms with van der Waals surface area (Å²) in [5.41, 5.74) is 2.75. The lowest BCUT2D eigenvalue weighted by molar-refractivity contribution is -0.122. The maximum absolute atomic E-state index is 12.5. The molecule has 0 aliphatic carbocycles. The highest BCUT2D eigenvalue weighted by Gasteiger charge is 2.25. The number of nitrogens with zero attached hydrogens (tertiary/aromatic N) is 2. The lowest BCUT2D eigenvalue weighted by Crippen LogP contribution is -2.39. The third-order valence-electron chi connectivity index (χ3n) is 4.87. The molecule has 0 atom stereocenters. The Balaban J connectivity index is 1.42. The van der Waals surface area contributed by atoms with E-state index in [9.17, 15) is 9.59 Å². The topological polar surface area (TPSA) is 62.3 Å². The summed E-state index contributed by atoms with van der Waals surface area (Å²) in [6.45, 7) is 3.90.